The van der Waals surface area contributed by atoms with Gasteiger partial charge in [-0.1, -0.05) is 0 Å². The fourth-order valence-electron chi connectivity index (χ4n) is 3.78. The van der Waals surface area contributed by atoms with Crippen LogP contribution in [0.15, 0.2) is 0 Å². The highest BCUT2D eigenvalue weighted by Crippen LogP contribution is 2.21. The molecule has 0 spiro atoms. The van der Waals surface area contributed by atoms with Gasteiger partial charge in [0, 0.05) is 51.4 Å². The molecule has 2 unspecified atom stereocenters. The van der Waals surface area contributed by atoms with E-state index in [0.717, 1.165) is 18.6 Å². The molecule has 4 heteroatoms. The number of hydrogen-bond acceptors (Lipinski definition) is 4. The lowest BCUT2D eigenvalue weighted by molar-refractivity contribution is 0.0912. The number of likely N-dealkylation sites (N-methyl/N-ethyl adjacent to an activating group) is 1. The minimum Gasteiger partial charge on any atom is -0.314 e. The van der Waals surface area contributed by atoms with Gasteiger partial charge >= 0.3 is 0 Å². The van der Waals surface area contributed by atoms with Crippen molar-refractivity contribution in [1.29, 1.82) is 0 Å². The molecule has 3 heterocycles. The molecule has 0 radical (unpaired) electrons. The minimum atomic E-state index is 0.750. The van der Waals surface area contributed by atoms with E-state index in [0.29, 0.717) is 0 Å². The molecule has 0 aromatic carbocycles. The summed E-state index contributed by atoms with van der Waals surface area (Å²) in [6.07, 6.45) is 4.19. The predicted molar refractivity (Wildman–Crippen MR) is 74.9 cm³/mol. The Morgan fingerprint density at radius 2 is 2.11 bits per heavy atom. The van der Waals surface area contributed by atoms with Gasteiger partial charge in [0.25, 0.3) is 0 Å². The zero-order valence-electron chi connectivity index (χ0n) is 11.8. The normalized spacial score (nSPS) is 35.8. The maximum atomic E-state index is 3.52. The van der Waals surface area contributed by atoms with E-state index < -0.39 is 0 Å². The summed E-state index contributed by atoms with van der Waals surface area (Å²) in [6, 6.07) is 1.63. The van der Waals surface area contributed by atoms with Gasteiger partial charge in [0.2, 0.25) is 0 Å². The monoisotopic (exact) mass is 252 g/mol. The van der Waals surface area contributed by atoms with Crippen LogP contribution in [-0.2, 0) is 0 Å². The van der Waals surface area contributed by atoms with E-state index in [-0.39, 0.29) is 0 Å². The smallest absolute Gasteiger partial charge is 0.0230 e. The third kappa shape index (κ3) is 2.87. The van der Waals surface area contributed by atoms with Crippen LogP contribution in [0.25, 0.3) is 0 Å². The molecule has 2 atom stereocenters. The van der Waals surface area contributed by atoms with Gasteiger partial charge in [0.1, 0.15) is 0 Å². The maximum absolute atomic E-state index is 3.52. The van der Waals surface area contributed by atoms with E-state index in [2.05, 4.69) is 27.1 Å². The van der Waals surface area contributed by atoms with Gasteiger partial charge in [-0.15, -0.1) is 0 Å². The van der Waals surface area contributed by atoms with Crippen molar-refractivity contribution in [2.45, 2.75) is 31.3 Å². The summed E-state index contributed by atoms with van der Waals surface area (Å²) in [4.78, 5) is 7.93. The van der Waals surface area contributed by atoms with Gasteiger partial charge in [-0.2, -0.15) is 0 Å². The second-order valence-electron chi connectivity index (χ2n) is 6.26. The molecule has 4 nitrogen and oxygen atoms in total. The summed E-state index contributed by atoms with van der Waals surface area (Å²) in [5.41, 5.74) is 0. The molecular weight excluding hydrogens is 224 g/mol. The van der Waals surface area contributed by atoms with Crippen LogP contribution in [0.3, 0.4) is 0 Å². The molecule has 104 valence electrons. The Morgan fingerprint density at radius 1 is 1.17 bits per heavy atom. The van der Waals surface area contributed by atoms with E-state index in [1.807, 2.05) is 0 Å². The first kappa shape index (κ1) is 12.9. The number of piperazine rings is 2. The van der Waals surface area contributed by atoms with Gasteiger partial charge in [0.15, 0.2) is 0 Å². The summed E-state index contributed by atoms with van der Waals surface area (Å²) in [5, 5.41) is 3.52. The molecule has 1 N–H and O–H groups in total. The molecule has 0 amide bonds. The highest BCUT2D eigenvalue weighted by atomic mass is 15.3. The largest absolute Gasteiger partial charge is 0.314 e. The summed E-state index contributed by atoms with van der Waals surface area (Å²) in [7, 11) is 2.28. The van der Waals surface area contributed by atoms with Crippen molar-refractivity contribution in [1.82, 2.24) is 20.0 Å². The van der Waals surface area contributed by atoms with Crippen molar-refractivity contribution >= 4 is 0 Å². The highest BCUT2D eigenvalue weighted by molar-refractivity contribution is 4.87. The summed E-state index contributed by atoms with van der Waals surface area (Å²) in [5.74, 6) is 0. The Kier molecular flexibility index (Phi) is 4.19. The summed E-state index contributed by atoms with van der Waals surface area (Å²) >= 11 is 0. The van der Waals surface area contributed by atoms with Crippen molar-refractivity contribution < 1.29 is 0 Å². The first-order valence-electron chi connectivity index (χ1n) is 7.70. The molecule has 18 heavy (non-hydrogen) atoms. The predicted octanol–water partition coefficient (Wildman–Crippen LogP) is 0.0601. The average molecular weight is 252 g/mol. The molecule has 3 aliphatic rings. The van der Waals surface area contributed by atoms with Crippen molar-refractivity contribution in [3.05, 3.63) is 0 Å². The summed E-state index contributed by atoms with van der Waals surface area (Å²) in [6.45, 7) is 10.1. The Bertz CT molecular complexity index is 271. The zero-order chi connectivity index (χ0) is 12.4. The van der Waals surface area contributed by atoms with E-state index in [4.69, 9.17) is 0 Å². The number of nitrogens with one attached hydrogen (secondary N) is 1. The van der Waals surface area contributed by atoms with Crippen LogP contribution in [0.4, 0.5) is 0 Å². The van der Waals surface area contributed by atoms with Gasteiger partial charge in [-0.25, -0.2) is 0 Å². The maximum Gasteiger partial charge on any atom is 0.0230 e. The quantitative estimate of drug-likeness (QED) is 0.767. The van der Waals surface area contributed by atoms with E-state index >= 15 is 0 Å². The molecule has 3 rings (SSSR count). The van der Waals surface area contributed by atoms with Crippen molar-refractivity contribution in [2.75, 3.05) is 59.4 Å². The van der Waals surface area contributed by atoms with Crippen LogP contribution < -0.4 is 5.32 Å². The van der Waals surface area contributed by atoms with Gasteiger partial charge in [0.05, 0.1) is 0 Å². The van der Waals surface area contributed by atoms with Crippen molar-refractivity contribution in [2.24, 2.45) is 0 Å². The van der Waals surface area contributed by atoms with Crippen LogP contribution in [0, 0.1) is 0 Å². The average Bonchev–Trinajstić information content (AvgIpc) is 2.85. The van der Waals surface area contributed by atoms with E-state index in [1.54, 1.807) is 0 Å². The zero-order valence-corrected chi connectivity index (χ0v) is 11.8. The minimum absolute atomic E-state index is 0.750. The molecule has 0 aromatic heterocycles. The number of rotatable bonds is 3. The lowest BCUT2D eigenvalue weighted by Crippen LogP contribution is -2.53. The molecule has 3 saturated heterocycles. The van der Waals surface area contributed by atoms with Crippen LogP contribution in [0.2, 0.25) is 0 Å². The van der Waals surface area contributed by atoms with Crippen molar-refractivity contribution in [3.8, 4) is 0 Å². The first-order chi connectivity index (χ1) is 8.83. The molecule has 0 bridgehead atoms. The fraction of sp³-hybridized carbons (Fsp3) is 1.00. The van der Waals surface area contributed by atoms with E-state index in [1.165, 1.54) is 65.1 Å². The van der Waals surface area contributed by atoms with Crippen LogP contribution >= 0.6 is 0 Å². The van der Waals surface area contributed by atoms with E-state index in [9.17, 15) is 0 Å². The molecule has 0 aliphatic carbocycles. The lowest BCUT2D eigenvalue weighted by atomic mass is 10.1. The van der Waals surface area contributed by atoms with Crippen LogP contribution in [0.1, 0.15) is 19.3 Å². The summed E-state index contributed by atoms with van der Waals surface area (Å²) < 4.78 is 0. The second kappa shape index (κ2) is 5.87. The lowest BCUT2D eigenvalue weighted by Gasteiger charge is -2.39. The van der Waals surface area contributed by atoms with Gasteiger partial charge in [-0.3, -0.25) is 4.90 Å². The Balaban J connectivity index is 1.43. The molecule has 3 fully saturated rings. The third-order valence-corrected chi connectivity index (χ3v) is 5.09. The fourth-order valence-corrected chi connectivity index (χ4v) is 3.78. The van der Waals surface area contributed by atoms with Crippen LogP contribution in [-0.4, -0.2) is 86.2 Å². The van der Waals surface area contributed by atoms with Gasteiger partial charge in [-0.05, 0) is 39.4 Å². The Morgan fingerprint density at radius 3 is 3.00 bits per heavy atom. The molecule has 0 saturated carbocycles. The standard InChI is InChI=1S/C14H28N4/c1-16-8-5-15-11-13(16)4-7-17-9-10-18-6-2-3-14(18)12-17/h13-15H,2-12H2,1H3. The molecular formula is C14H28N4. The molecule has 0 aromatic rings. The SMILES string of the molecule is CN1CCNCC1CCN1CCN2CCCC2C1. The number of fused-ring (bicyclic) bond motifs is 1. The highest BCUT2D eigenvalue weighted by Gasteiger charge is 2.30. The second-order valence-corrected chi connectivity index (χ2v) is 6.26. The topological polar surface area (TPSA) is 21.8 Å². The van der Waals surface area contributed by atoms with Gasteiger partial charge < -0.3 is 15.1 Å². The third-order valence-electron chi connectivity index (χ3n) is 5.09. The van der Waals surface area contributed by atoms with Crippen molar-refractivity contribution in [3.63, 3.8) is 0 Å². The first-order valence-corrected chi connectivity index (χ1v) is 7.70. The Hall–Kier alpha value is -0.160. The number of nitrogens with zero attached hydrogens (tertiary/aromatic N) is 3. The Labute approximate surface area is 111 Å². The van der Waals surface area contributed by atoms with Crippen LogP contribution in [0.5, 0.6) is 0 Å². The number of hydrogen-bond donors (Lipinski definition) is 1. The molecule has 3 aliphatic heterocycles.